The number of nitrogens with one attached hydrogen (secondary N) is 2. The van der Waals surface area contributed by atoms with Crippen molar-refractivity contribution in [2.45, 2.75) is 38.3 Å². The number of esters is 1. The highest BCUT2D eigenvalue weighted by atomic mass is 16.5. The molecule has 160 valence electrons. The quantitative estimate of drug-likeness (QED) is 0.280. The fourth-order valence-electron chi connectivity index (χ4n) is 3.13. The van der Waals surface area contributed by atoms with Gasteiger partial charge >= 0.3 is 11.9 Å². The van der Waals surface area contributed by atoms with Crippen molar-refractivity contribution in [2.24, 2.45) is 0 Å². The number of aryl methyl sites for hydroxylation is 1. The molecular weight excluding hydrogens is 384 g/mol. The molecule has 7 nitrogen and oxygen atoms in total. The number of aliphatic carboxylic acids is 1. The molecule has 1 unspecified atom stereocenters. The summed E-state index contributed by atoms with van der Waals surface area (Å²) < 4.78 is 4.71. The Balaban J connectivity index is 2.07. The van der Waals surface area contributed by atoms with Crippen molar-refractivity contribution in [2.75, 3.05) is 19.0 Å². The highest BCUT2D eigenvalue weighted by Gasteiger charge is 2.25. The Bertz CT molecular complexity index is 854. The fraction of sp³-hybridized carbons (Fsp3) is 0.348. The highest BCUT2D eigenvalue weighted by Crippen LogP contribution is 2.19. The number of hydrogen-bond acceptors (Lipinski definition) is 6. The number of benzene rings is 2. The number of hydrogen-bond donors (Lipinski definition) is 3. The molecule has 0 fully saturated rings. The van der Waals surface area contributed by atoms with Crippen molar-refractivity contribution < 1.29 is 24.2 Å². The number of carbonyl (C=O) groups is 3. The predicted octanol–water partition coefficient (Wildman–Crippen LogP) is 2.91. The summed E-state index contributed by atoms with van der Waals surface area (Å²) >= 11 is 0. The molecule has 7 heteroatoms. The zero-order valence-electron chi connectivity index (χ0n) is 17.3. The lowest BCUT2D eigenvalue weighted by Crippen LogP contribution is -2.40. The zero-order chi connectivity index (χ0) is 21.9. The second-order valence-electron chi connectivity index (χ2n) is 6.99. The Morgan fingerprint density at radius 1 is 1.03 bits per heavy atom. The molecule has 0 aliphatic rings. The van der Waals surface area contributed by atoms with E-state index in [1.54, 1.807) is 31.2 Å². The monoisotopic (exact) mass is 412 g/mol. The van der Waals surface area contributed by atoms with Gasteiger partial charge in [-0.2, -0.15) is 0 Å². The van der Waals surface area contributed by atoms with Gasteiger partial charge in [-0.25, -0.2) is 4.79 Å². The maximum atomic E-state index is 13.1. The van der Waals surface area contributed by atoms with Gasteiger partial charge in [-0.15, -0.1) is 0 Å². The molecular formula is C23H28N2O5. The Labute approximate surface area is 176 Å². The molecule has 2 aromatic carbocycles. The summed E-state index contributed by atoms with van der Waals surface area (Å²) in [5.74, 6) is -1.85. The average Bonchev–Trinajstić information content (AvgIpc) is 2.75. The Morgan fingerprint density at radius 2 is 1.70 bits per heavy atom. The van der Waals surface area contributed by atoms with Crippen LogP contribution in [0.15, 0.2) is 54.6 Å². The molecule has 0 aliphatic heterocycles. The average molecular weight is 412 g/mol. The number of carbonyl (C=O) groups excluding carboxylic acids is 2. The maximum absolute atomic E-state index is 13.1. The molecule has 0 radical (unpaired) electrons. The standard InChI is InChI=1S/C23H28N2O5/c1-16(23(29)30-2)25-19-13-7-6-12-18(19)22(28)20(15-21(26)27)24-14-8-11-17-9-4-3-5-10-17/h3-7,9-10,12-13,16,20,24-25H,8,11,14-15H2,1-2H3,(H,26,27)/t16?,20-/m0/s1. The minimum atomic E-state index is -1.06. The summed E-state index contributed by atoms with van der Waals surface area (Å²) in [6.07, 6.45) is 1.27. The summed E-state index contributed by atoms with van der Waals surface area (Å²) in [4.78, 5) is 36.1. The smallest absolute Gasteiger partial charge is 0.327 e. The van der Waals surface area contributed by atoms with Crippen LogP contribution in [-0.4, -0.2) is 48.6 Å². The Kier molecular flexibility index (Phi) is 9.03. The molecule has 3 N–H and O–H groups in total. The molecule has 0 aromatic heterocycles. The molecule has 0 saturated carbocycles. The Hall–Kier alpha value is -3.19. The van der Waals surface area contributed by atoms with Crippen molar-refractivity contribution in [3.05, 3.63) is 65.7 Å². The number of methoxy groups -OCH3 is 1. The minimum Gasteiger partial charge on any atom is -0.481 e. The third-order valence-electron chi connectivity index (χ3n) is 4.69. The predicted molar refractivity (Wildman–Crippen MR) is 115 cm³/mol. The number of rotatable bonds is 12. The summed E-state index contributed by atoms with van der Waals surface area (Å²) in [5, 5.41) is 15.3. The van der Waals surface area contributed by atoms with Crippen LogP contribution in [0.4, 0.5) is 5.69 Å². The van der Waals surface area contributed by atoms with Crippen LogP contribution in [0.25, 0.3) is 0 Å². The molecule has 0 saturated heterocycles. The third kappa shape index (κ3) is 7.00. The number of anilines is 1. The van der Waals surface area contributed by atoms with Crippen molar-refractivity contribution >= 4 is 23.4 Å². The summed E-state index contributed by atoms with van der Waals surface area (Å²) in [5.41, 5.74) is 1.98. The largest absolute Gasteiger partial charge is 0.481 e. The maximum Gasteiger partial charge on any atom is 0.327 e. The van der Waals surface area contributed by atoms with Crippen LogP contribution < -0.4 is 10.6 Å². The first-order chi connectivity index (χ1) is 14.4. The van der Waals surface area contributed by atoms with Gasteiger partial charge in [0.1, 0.15) is 6.04 Å². The van der Waals surface area contributed by atoms with E-state index < -0.39 is 24.0 Å². The summed E-state index contributed by atoms with van der Waals surface area (Å²) in [6.45, 7) is 2.14. The lowest BCUT2D eigenvalue weighted by molar-refractivity contribution is -0.141. The lowest BCUT2D eigenvalue weighted by Gasteiger charge is -2.20. The van der Waals surface area contributed by atoms with E-state index in [1.165, 1.54) is 12.7 Å². The number of carboxylic acids is 1. The first-order valence-electron chi connectivity index (χ1n) is 9.89. The molecule has 2 aromatic rings. The van der Waals surface area contributed by atoms with Crippen LogP contribution in [0.5, 0.6) is 0 Å². The molecule has 0 aliphatic carbocycles. The Morgan fingerprint density at radius 3 is 2.37 bits per heavy atom. The number of Topliss-reactive ketones (excluding diaryl/α,β-unsaturated/α-hetero) is 1. The second-order valence-corrected chi connectivity index (χ2v) is 6.99. The topological polar surface area (TPSA) is 105 Å². The van der Waals surface area contributed by atoms with Gasteiger partial charge in [-0.3, -0.25) is 9.59 Å². The third-order valence-corrected chi connectivity index (χ3v) is 4.69. The zero-order valence-corrected chi connectivity index (χ0v) is 17.3. The van der Waals surface area contributed by atoms with Gasteiger partial charge in [0, 0.05) is 11.3 Å². The van der Waals surface area contributed by atoms with Gasteiger partial charge in [0.2, 0.25) is 0 Å². The van der Waals surface area contributed by atoms with E-state index in [4.69, 9.17) is 4.74 Å². The van der Waals surface area contributed by atoms with Gasteiger partial charge in [-0.1, -0.05) is 42.5 Å². The van der Waals surface area contributed by atoms with Crippen LogP contribution in [0.2, 0.25) is 0 Å². The van der Waals surface area contributed by atoms with Crippen LogP contribution in [0.3, 0.4) is 0 Å². The van der Waals surface area contributed by atoms with Crippen LogP contribution in [0, 0.1) is 0 Å². The van der Waals surface area contributed by atoms with Gasteiger partial charge in [0.15, 0.2) is 5.78 Å². The normalized spacial score (nSPS) is 12.6. The van der Waals surface area contributed by atoms with Gasteiger partial charge in [0.05, 0.1) is 19.6 Å². The van der Waals surface area contributed by atoms with E-state index in [0.29, 0.717) is 17.8 Å². The van der Waals surface area contributed by atoms with Crippen molar-refractivity contribution in [1.82, 2.24) is 5.32 Å². The van der Waals surface area contributed by atoms with Gasteiger partial charge < -0.3 is 20.5 Å². The van der Waals surface area contributed by atoms with Crippen molar-refractivity contribution in [1.29, 1.82) is 0 Å². The van der Waals surface area contributed by atoms with E-state index in [1.807, 2.05) is 30.3 Å². The van der Waals surface area contributed by atoms with Crippen LogP contribution >= 0.6 is 0 Å². The van der Waals surface area contributed by atoms with Crippen molar-refractivity contribution in [3.63, 3.8) is 0 Å². The summed E-state index contributed by atoms with van der Waals surface area (Å²) in [7, 11) is 1.29. The molecule has 30 heavy (non-hydrogen) atoms. The van der Waals surface area contributed by atoms with Crippen LogP contribution in [0.1, 0.15) is 35.7 Å². The SMILES string of the molecule is COC(=O)C(C)Nc1ccccc1C(=O)[C@H](CC(=O)O)NCCCc1ccccc1. The molecule has 0 spiro atoms. The van der Waals surface area contributed by atoms with Crippen molar-refractivity contribution in [3.8, 4) is 0 Å². The number of ether oxygens (including phenoxy) is 1. The number of para-hydroxylation sites is 1. The van der Waals surface area contributed by atoms with E-state index >= 15 is 0 Å². The minimum absolute atomic E-state index is 0.328. The molecule has 2 rings (SSSR count). The number of carboxylic acid groups (broad SMARTS) is 1. The molecule has 0 amide bonds. The van der Waals surface area contributed by atoms with E-state index in [-0.39, 0.29) is 12.2 Å². The fourth-order valence-corrected chi connectivity index (χ4v) is 3.13. The van der Waals surface area contributed by atoms with Gasteiger partial charge in [-0.05, 0) is 44.0 Å². The number of ketones is 1. The molecule has 0 bridgehead atoms. The van der Waals surface area contributed by atoms with E-state index in [0.717, 1.165) is 12.8 Å². The molecule has 2 atom stereocenters. The first-order valence-corrected chi connectivity index (χ1v) is 9.89. The first kappa shape index (κ1) is 23.1. The lowest BCUT2D eigenvalue weighted by atomic mass is 9.99. The van der Waals surface area contributed by atoms with Crippen LogP contribution in [-0.2, 0) is 20.7 Å². The highest BCUT2D eigenvalue weighted by molar-refractivity contribution is 6.06. The summed E-state index contributed by atoms with van der Waals surface area (Å²) in [6, 6.07) is 15.2. The molecule has 0 heterocycles. The van der Waals surface area contributed by atoms with E-state index in [9.17, 15) is 19.5 Å². The second kappa shape index (κ2) is 11.7. The van der Waals surface area contributed by atoms with Gasteiger partial charge in [0.25, 0.3) is 0 Å². The van der Waals surface area contributed by atoms with E-state index in [2.05, 4.69) is 10.6 Å².